The number of carbonyl (C=O) groups excluding carboxylic acids is 2. The molecule has 0 radical (unpaired) electrons. The highest BCUT2D eigenvalue weighted by atomic mass is 16.2. The lowest BCUT2D eigenvalue weighted by atomic mass is 9.86. The van der Waals surface area contributed by atoms with Crippen LogP contribution in [0, 0.1) is 17.8 Å². The van der Waals surface area contributed by atoms with Gasteiger partial charge in [-0.15, -0.1) is 0 Å². The summed E-state index contributed by atoms with van der Waals surface area (Å²) in [6.07, 6.45) is 3.49. The average Bonchev–Trinajstić information content (AvgIpc) is 2.39. The van der Waals surface area contributed by atoms with E-state index in [9.17, 15) is 9.59 Å². The van der Waals surface area contributed by atoms with Crippen LogP contribution in [0.25, 0.3) is 0 Å². The zero-order chi connectivity index (χ0) is 15.0. The fourth-order valence-corrected chi connectivity index (χ4v) is 2.47. The number of rotatable bonds is 9. The molecule has 0 bridgehead atoms. The second-order valence-electron chi connectivity index (χ2n) is 5.63. The monoisotopic (exact) mass is 269 g/mol. The molecule has 0 fully saturated rings. The first-order chi connectivity index (χ1) is 8.92. The molecule has 0 unspecified atom stereocenters. The highest BCUT2D eigenvalue weighted by molar-refractivity contribution is 5.91. The molecule has 0 aromatic carbocycles. The van der Waals surface area contributed by atoms with Gasteiger partial charge in [0.25, 0.3) is 0 Å². The van der Waals surface area contributed by atoms with Gasteiger partial charge in [0.2, 0.25) is 5.91 Å². The van der Waals surface area contributed by atoms with E-state index in [2.05, 4.69) is 19.2 Å². The van der Waals surface area contributed by atoms with Gasteiger partial charge in [0.15, 0.2) is 5.78 Å². The maximum Gasteiger partial charge on any atom is 0.223 e. The van der Waals surface area contributed by atoms with Gasteiger partial charge in [0.1, 0.15) is 0 Å². The lowest BCUT2D eigenvalue weighted by Gasteiger charge is -2.28. The molecule has 0 saturated carbocycles. The van der Waals surface area contributed by atoms with Crippen LogP contribution in [0.1, 0.15) is 67.2 Å². The summed E-state index contributed by atoms with van der Waals surface area (Å²) >= 11 is 0. The van der Waals surface area contributed by atoms with E-state index in [-0.39, 0.29) is 35.5 Å². The van der Waals surface area contributed by atoms with Gasteiger partial charge in [-0.2, -0.15) is 0 Å². The molecule has 0 aliphatic carbocycles. The summed E-state index contributed by atoms with van der Waals surface area (Å²) in [6.45, 7) is 12.0. The minimum absolute atomic E-state index is 0.0248. The fraction of sp³-hybridized carbons (Fsp3) is 0.875. The van der Waals surface area contributed by atoms with E-state index in [1.54, 1.807) is 0 Å². The molecule has 3 nitrogen and oxygen atoms in total. The van der Waals surface area contributed by atoms with Crippen molar-refractivity contribution < 1.29 is 9.59 Å². The van der Waals surface area contributed by atoms with Crippen molar-refractivity contribution in [3.05, 3.63) is 0 Å². The molecule has 0 rings (SSSR count). The normalized spacial score (nSPS) is 13.1. The summed E-state index contributed by atoms with van der Waals surface area (Å²) in [5, 5.41) is 3.01. The van der Waals surface area contributed by atoms with Crippen LogP contribution in [-0.2, 0) is 9.59 Å². The zero-order valence-electron chi connectivity index (χ0n) is 13.5. The first-order valence-corrected chi connectivity index (χ1v) is 7.76. The van der Waals surface area contributed by atoms with E-state index in [1.807, 2.05) is 27.7 Å². The van der Waals surface area contributed by atoms with Crippen molar-refractivity contribution in [2.45, 2.75) is 73.3 Å². The van der Waals surface area contributed by atoms with Crippen molar-refractivity contribution in [1.29, 1.82) is 0 Å². The molecular formula is C16H31NO2. The summed E-state index contributed by atoms with van der Waals surface area (Å²) in [7, 11) is 0. The Morgan fingerprint density at radius 1 is 0.895 bits per heavy atom. The number of ketones is 1. The highest BCUT2D eigenvalue weighted by Gasteiger charge is 2.30. The first-order valence-electron chi connectivity index (χ1n) is 7.76. The van der Waals surface area contributed by atoms with Gasteiger partial charge in [-0.3, -0.25) is 9.59 Å². The van der Waals surface area contributed by atoms with Gasteiger partial charge in [-0.05, 0) is 18.8 Å². The number of hydrogen-bond acceptors (Lipinski definition) is 2. The number of carbonyl (C=O) groups is 2. The largest absolute Gasteiger partial charge is 0.346 e. The van der Waals surface area contributed by atoms with Crippen molar-refractivity contribution in [1.82, 2.24) is 5.32 Å². The van der Waals surface area contributed by atoms with E-state index in [1.165, 1.54) is 0 Å². The van der Waals surface area contributed by atoms with E-state index >= 15 is 0 Å². The number of Topliss-reactive ketones (excluding diaryl/α,β-unsaturated/α-hetero) is 1. The Morgan fingerprint density at radius 2 is 1.37 bits per heavy atom. The van der Waals surface area contributed by atoms with E-state index < -0.39 is 0 Å². The summed E-state index contributed by atoms with van der Waals surface area (Å²) in [4.78, 5) is 24.5. The van der Waals surface area contributed by atoms with Crippen molar-refractivity contribution in [2.24, 2.45) is 17.8 Å². The summed E-state index contributed by atoms with van der Waals surface area (Å²) in [5.41, 5.74) is 0. The molecule has 19 heavy (non-hydrogen) atoms. The second kappa shape index (κ2) is 9.11. The number of nitrogens with one attached hydrogen (secondary N) is 1. The fourth-order valence-electron chi connectivity index (χ4n) is 2.47. The molecule has 0 aliphatic rings. The average molecular weight is 269 g/mol. The van der Waals surface area contributed by atoms with Gasteiger partial charge in [-0.1, -0.05) is 54.4 Å². The van der Waals surface area contributed by atoms with Gasteiger partial charge in [0, 0.05) is 11.8 Å². The minimum Gasteiger partial charge on any atom is -0.346 e. The molecule has 0 aromatic rings. The Bertz CT molecular complexity index is 278. The third kappa shape index (κ3) is 5.33. The summed E-state index contributed by atoms with van der Waals surface area (Å²) in [5.74, 6) is 0.432. The van der Waals surface area contributed by atoms with Crippen LogP contribution in [0.4, 0.5) is 0 Å². The topological polar surface area (TPSA) is 46.2 Å². The van der Waals surface area contributed by atoms with Crippen LogP contribution in [0.2, 0.25) is 0 Å². The predicted octanol–water partition coefficient (Wildman–Crippen LogP) is 3.57. The predicted molar refractivity (Wildman–Crippen MR) is 79.9 cm³/mol. The second-order valence-corrected chi connectivity index (χ2v) is 5.63. The molecule has 0 aromatic heterocycles. The number of hydrogen-bond donors (Lipinski definition) is 1. The van der Waals surface area contributed by atoms with Crippen LogP contribution >= 0.6 is 0 Å². The summed E-state index contributed by atoms with van der Waals surface area (Å²) < 4.78 is 0. The Labute approximate surface area is 118 Å². The van der Waals surface area contributed by atoms with Gasteiger partial charge >= 0.3 is 0 Å². The minimum atomic E-state index is -0.317. The van der Waals surface area contributed by atoms with Crippen molar-refractivity contribution in [3.63, 3.8) is 0 Å². The van der Waals surface area contributed by atoms with Crippen LogP contribution in [-0.4, -0.2) is 17.7 Å². The first kappa shape index (κ1) is 18.1. The molecule has 112 valence electrons. The third-order valence-electron chi connectivity index (χ3n) is 4.05. The van der Waals surface area contributed by atoms with Crippen LogP contribution in [0.5, 0.6) is 0 Å². The molecule has 0 saturated heterocycles. The maximum atomic E-state index is 12.3. The maximum absolute atomic E-state index is 12.3. The highest BCUT2D eigenvalue weighted by Crippen LogP contribution is 2.18. The Hall–Kier alpha value is -0.860. The molecule has 3 heteroatoms. The van der Waals surface area contributed by atoms with Crippen molar-refractivity contribution in [3.8, 4) is 0 Å². The molecule has 0 spiro atoms. The standard InChI is InChI=1S/C16H31NO2/c1-7-12(8-2)14(15(18)11(5)6)17-16(19)13(9-3)10-4/h11-14H,7-10H2,1-6H3,(H,17,19)/t14-/m0/s1. The Balaban J connectivity index is 4.95. The van der Waals surface area contributed by atoms with E-state index in [0.717, 1.165) is 25.7 Å². The summed E-state index contributed by atoms with van der Waals surface area (Å²) in [6, 6.07) is -0.317. The van der Waals surface area contributed by atoms with Gasteiger partial charge in [0.05, 0.1) is 6.04 Å². The Kier molecular flexibility index (Phi) is 8.70. The smallest absolute Gasteiger partial charge is 0.223 e. The van der Waals surface area contributed by atoms with E-state index in [0.29, 0.717) is 0 Å². The molecule has 0 heterocycles. The third-order valence-corrected chi connectivity index (χ3v) is 4.05. The number of amides is 1. The zero-order valence-corrected chi connectivity index (χ0v) is 13.5. The molecular weight excluding hydrogens is 238 g/mol. The van der Waals surface area contributed by atoms with Gasteiger partial charge in [-0.25, -0.2) is 0 Å². The van der Waals surface area contributed by atoms with Crippen LogP contribution in [0.3, 0.4) is 0 Å². The molecule has 0 aliphatic heterocycles. The van der Waals surface area contributed by atoms with Crippen molar-refractivity contribution in [2.75, 3.05) is 0 Å². The lowest BCUT2D eigenvalue weighted by Crippen LogP contribution is -2.49. The van der Waals surface area contributed by atoms with Crippen LogP contribution < -0.4 is 5.32 Å². The van der Waals surface area contributed by atoms with E-state index in [4.69, 9.17) is 0 Å². The quantitative estimate of drug-likeness (QED) is 0.695. The lowest BCUT2D eigenvalue weighted by molar-refractivity contribution is -0.133. The molecule has 1 N–H and O–H groups in total. The molecule has 1 amide bonds. The molecule has 1 atom stereocenters. The van der Waals surface area contributed by atoms with Crippen molar-refractivity contribution >= 4 is 11.7 Å². The van der Waals surface area contributed by atoms with Gasteiger partial charge < -0.3 is 5.32 Å². The SMILES string of the molecule is CCC(CC)C(=O)N[C@H](C(=O)C(C)C)C(CC)CC. The van der Waals surface area contributed by atoms with Crippen LogP contribution in [0.15, 0.2) is 0 Å². The Morgan fingerprint density at radius 3 is 1.68 bits per heavy atom.